The SMILES string of the molecule is Cc1ccc(-c2cc(N)c(C#N)s2)cc1Br. The van der Waals surface area contributed by atoms with Crippen molar-refractivity contribution in [1.29, 1.82) is 5.26 Å². The van der Waals surface area contributed by atoms with Gasteiger partial charge in [0.15, 0.2) is 0 Å². The minimum atomic E-state index is 0.555. The zero-order chi connectivity index (χ0) is 11.7. The molecular weight excluding hydrogens is 284 g/mol. The highest BCUT2D eigenvalue weighted by Crippen LogP contribution is 2.34. The Kier molecular flexibility index (Phi) is 2.99. The molecule has 2 N–H and O–H groups in total. The average molecular weight is 293 g/mol. The highest BCUT2D eigenvalue weighted by atomic mass is 79.9. The largest absolute Gasteiger partial charge is 0.397 e. The maximum absolute atomic E-state index is 8.85. The first-order valence-corrected chi connectivity index (χ1v) is 6.28. The fourth-order valence-electron chi connectivity index (χ4n) is 1.38. The second kappa shape index (κ2) is 4.28. The molecule has 0 saturated heterocycles. The third-order valence-corrected chi connectivity index (χ3v) is 4.28. The minimum absolute atomic E-state index is 0.555. The number of hydrogen-bond acceptors (Lipinski definition) is 3. The van der Waals surface area contributed by atoms with E-state index in [4.69, 9.17) is 11.0 Å². The average Bonchev–Trinajstić information content (AvgIpc) is 2.64. The smallest absolute Gasteiger partial charge is 0.128 e. The molecule has 0 fully saturated rings. The van der Waals surface area contributed by atoms with Crippen molar-refractivity contribution < 1.29 is 0 Å². The van der Waals surface area contributed by atoms with Crippen LogP contribution in [-0.2, 0) is 0 Å². The Balaban J connectivity index is 2.51. The van der Waals surface area contributed by atoms with E-state index >= 15 is 0 Å². The predicted octanol–water partition coefficient (Wildman–Crippen LogP) is 3.94. The first-order valence-electron chi connectivity index (χ1n) is 4.67. The van der Waals surface area contributed by atoms with Gasteiger partial charge in [-0.15, -0.1) is 11.3 Å². The Morgan fingerprint density at radius 2 is 2.12 bits per heavy atom. The van der Waals surface area contributed by atoms with Crippen LogP contribution in [0.5, 0.6) is 0 Å². The monoisotopic (exact) mass is 292 g/mol. The normalized spacial score (nSPS) is 10.1. The van der Waals surface area contributed by atoms with Crippen LogP contribution < -0.4 is 5.73 Å². The lowest BCUT2D eigenvalue weighted by Crippen LogP contribution is -1.81. The number of anilines is 1. The Hall–Kier alpha value is -1.31. The van der Waals surface area contributed by atoms with Gasteiger partial charge in [-0.1, -0.05) is 28.1 Å². The van der Waals surface area contributed by atoms with E-state index in [-0.39, 0.29) is 0 Å². The standard InChI is InChI=1S/C12H9BrN2S/c1-7-2-3-8(4-9(7)13)11-5-10(15)12(6-14)16-11/h2-5H,15H2,1H3. The number of thiophene rings is 1. The highest BCUT2D eigenvalue weighted by Gasteiger charge is 2.08. The summed E-state index contributed by atoms with van der Waals surface area (Å²) in [4.78, 5) is 1.60. The molecule has 0 aliphatic heterocycles. The lowest BCUT2D eigenvalue weighted by molar-refractivity contribution is 1.43. The zero-order valence-electron chi connectivity index (χ0n) is 8.62. The van der Waals surface area contributed by atoms with Crippen LogP contribution in [0.2, 0.25) is 0 Å². The molecule has 0 aliphatic carbocycles. The summed E-state index contributed by atoms with van der Waals surface area (Å²) in [5.74, 6) is 0. The third kappa shape index (κ3) is 1.97. The summed E-state index contributed by atoms with van der Waals surface area (Å²) in [6.07, 6.45) is 0. The number of hydrogen-bond donors (Lipinski definition) is 1. The van der Waals surface area contributed by atoms with Gasteiger partial charge < -0.3 is 5.73 Å². The molecule has 80 valence electrons. The van der Waals surface area contributed by atoms with Gasteiger partial charge in [0.05, 0.1) is 5.69 Å². The number of nitrogens with zero attached hydrogens (tertiary/aromatic N) is 1. The van der Waals surface area contributed by atoms with E-state index in [2.05, 4.69) is 22.0 Å². The summed E-state index contributed by atoms with van der Waals surface area (Å²) in [6, 6.07) is 10.1. The van der Waals surface area contributed by atoms with Crippen molar-refractivity contribution in [3.05, 3.63) is 39.2 Å². The van der Waals surface area contributed by atoms with Crippen LogP contribution in [0.25, 0.3) is 10.4 Å². The van der Waals surface area contributed by atoms with Gasteiger partial charge in [0.2, 0.25) is 0 Å². The van der Waals surface area contributed by atoms with E-state index in [0.717, 1.165) is 14.9 Å². The van der Waals surface area contributed by atoms with Crippen LogP contribution in [0.15, 0.2) is 28.7 Å². The molecule has 4 heteroatoms. The van der Waals surface area contributed by atoms with Crippen molar-refractivity contribution >= 4 is 33.0 Å². The van der Waals surface area contributed by atoms with Crippen LogP contribution in [0.4, 0.5) is 5.69 Å². The number of nitrogens with two attached hydrogens (primary N) is 1. The lowest BCUT2D eigenvalue weighted by atomic mass is 10.1. The Labute approximate surface area is 106 Å². The molecule has 2 aromatic rings. The summed E-state index contributed by atoms with van der Waals surface area (Å²) in [7, 11) is 0. The molecule has 2 nitrogen and oxygen atoms in total. The Bertz CT molecular complexity index is 581. The Morgan fingerprint density at radius 1 is 1.38 bits per heavy atom. The quantitative estimate of drug-likeness (QED) is 0.865. The fraction of sp³-hybridized carbons (Fsp3) is 0.0833. The molecule has 1 aromatic carbocycles. The predicted molar refractivity (Wildman–Crippen MR) is 71.3 cm³/mol. The summed E-state index contributed by atoms with van der Waals surface area (Å²) < 4.78 is 1.07. The number of aryl methyl sites for hydroxylation is 1. The molecule has 1 aromatic heterocycles. The molecule has 1 heterocycles. The molecule has 0 amide bonds. The van der Waals surface area contributed by atoms with Gasteiger partial charge in [-0.3, -0.25) is 0 Å². The molecular formula is C12H9BrN2S. The van der Waals surface area contributed by atoms with E-state index in [1.165, 1.54) is 16.9 Å². The second-order valence-electron chi connectivity index (χ2n) is 3.47. The maximum Gasteiger partial charge on any atom is 0.128 e. The maximum atomic E-state index is 8.85. The van der Waals surface area contributed by atoms with Crippen molar-refractivity contribution in [3.63, 3.8) is 0 Å². The van der Waals surface area contributed by atoms with Gasteiger partial charge in [-0.05, 0) is 30.2 Å². The topological polar surface area (TPSA) is 49.8 Å². The van der Waals surface area contributed by atoms with E-state index in [0.29, 0.717) is 10.6 Å². The molecule has 0 radical (unpaired) electrons. The molecule has 0 aliphatic rings. The second-order valence-corrected chi connectivity index (χ2v) is 5.38. The molecule has 0 bridgehead atoms. The molecule has 0 unspecified atom stereocenters. The highest BCUT2D eigenvalue weighted by molar-refractivity contribution is 9.10. The Morgan fingerprint density at radius 3 is 2.69 bits per heavy atom. The van der Waals surface area contributed by atoms with Crippen LogP contribution in [0, 0.1) is 18.3 Å². The molecule has 0 spiro atoms. The van der Waals surface area contributed by atoms with Crippen LogP contribution in [0.1, 0.15) is 10.4 Å². The van der Waals surface area contributed by atoms with Gasteiger partial charge in [-0.2, -0.15) is 5.26 Å². The van der Waals surface area contributed by atoms with E-state index in [9.17, 15) is 0 Å². The number of nitrogen functional groups attached to an aromatic ring is 1. The van der Waals surface area contributed by atoms with Gasteiger partial charge in [0.1, 0.15) is 10.9 Å². The van der Waals surface area contributed by atoms with E-state index in [1.54, 1.807) is 0 Å². The van der Waals surface area contributed by atoms with Crippen molar-refractivity contribution in [1.82, 2.24) is 0 Å². The summed E-state index contributed by atoms with van der Waals surface area (Å²) >= 11 is 4.91. The zero-order valence-corrected chi connectivity index (χ0v) is 11.0. The number of rotatable bonds is 1. The van der Waals surface area contributed by atoms with Crippen molar-refractivity contribution in [2.75, 3.05) is 5.73 Å². The van der Waals surface area contributed by atoms with Gasteiger partial charge in [0, 0.05) is 9.35 Å². The van der Waals surface area contributed by atoms with Gasteiger partial charge in [0.25, 0.3) is 0 Å². The first-order chi connectivity index (χ1) is 7.61. The number of nitriles is 1. The molecule has 0 saturated carbocycles. The molecule has 2 rings (SSSR count). The fourth-order valence-corrected chi connectivity index (χ4v) is 2.63. The van der Waals surface area contributed by atoms with E-state index in [1.807, 2.05) is 31.2 Å². The summed E-state index contributed by atoms with van der Waals surface area (Å²) in [6.45, 7) is 2.04. The summed E-state index contributed by atoms with van der Waals surface area (Å²) in [5, 5.41) is 8.85. The van der Waals surface area contributed by atoms with Crippen molar-refractivity contribution in [2.45, 2.75) is 6.92 Å². The van der Waals surface area contributed by atoms with Crippen molar-refractivity contribution in [3.8, 4) is 16.5 Å². The van der Waals surface area contributed by atoms with Crippen LogP contribution >= 0.6 is 27.3 Å². The molecule has 16 heavy (non-hydrogen) atoms. The summed E-state index contributed by atoms with van der Waals surface area (Å²) in [5.41, 5.74) is 8.56. The minimum Gasteiger partial charge on any atom is -0.397 e. The molecule has 0 atom stereocenters. The lowest BCUT2D eigenvalue weighted by Gasteiger charge is -2.01. The van der Waals surface area contributed by atoms with Gasteiger partial charge in [-0.25, -0.2) is 0 Å². The van der Waals surface area contributed by atoms with E-state index < -0.39 is 0 Å². The third-order valence-electron chi connectivity index (χ3n) is 2.32. The van der Waals surface area contributed by atoms with Crippen LogP contribution in [0.3, 0.4) is 0 Å². The number of halogens is 1. The van der Waals surface area contributed by atoms with Crippen molar-refractivity contribution in [2.24, 2.45) is 0 Å². The number of benzene rings is 1. The van der Waals surface area contributed by atoms with Gasteiger partial charge >= 0.3 is 0 Å². The first kappa shape index (κ1) is 11.2. The van der Waals surface area contributed by atoms with Crippen LogP contribution in [-0.4, -0.2) is 0 Å².